The Kier molecular flexibility index (Phi) is 3.60. The Morgan fingerprint density at radius 2 is 1.95 bits per heavy atom. The number of aromatic amines is 1. The van der Waals surface area contributed by atoms with Gasteiger partial charge >= 0.3 is 0 Å². The molecule has 0 saturated heterocycles. The van der Waals surface area contributed by atoms with Gasteiger partial charge in [0.2, 0.25) is 0 Å². The SMILES string of the molecule is N[C@@H](Cc1ccccc1)c1n[nH]c(C2CCCC2)n1. The predicted octanol–water partition coefficient (Wildman–Crippen LogP) is 2.70. The summed E-state index contributed by atoms with van der Waals surface area (Å²) in [5.74, 6) is 2.33. The van der Waals surface area contributed by atoms with Crippen molar-refractivity contribution >= 4 is 0 Å². The van der Waals surface area contributed by atoms with E-state index in [2.05, 4.69) is 27.3 Å². The lowest BCUT2D eigenvalue weighted by atomic mass is 10.1. The fourth-order valence-corrected chi connectivity index (χ4v) is 2.79. The first-order valence-electron chi connectivity index (χ1n) is 7.04. The molecule has 100 valence electrons. The lowest BCUT2D eigenvalue weighted by Gasteiger charge is -2.07. The smallest absolute Gasteiger partial charge is 0.167 e. The molecule has 1 heterocycles. The molecule has 1 aromatic heterocycles. The minimum Gasteiger partial charge on any atom is -0.321 e. The molecule has 1 aliphatic carbocycles. The Morgan fingerprint density at radius 3 is 2.68 bits per heavy atom. The zero-order valence-corrected chi connectivity index (χ0v) is 11.0. The van der Waals surface area contributed by atoms with Crippen molar-refractivity contribution in [2.24, 2.45) is 5.73 Å². The molecule has 1 fully saturated rings. The Hall–Kier alpha value is -1.68. The molecule has 0 amide bonds. The van der Waals surface area contributed by atoms with Crippen molar-refractivity contribution in [1.29, 1.82) is 0 Å². The number of nitrogens with one attached hydrogen (secondary N) is 1. The van der Waals surface area contributed by atoms with Crippen LogP contribution in [-0.4, -0.2) is 15.2 Å². The van der Waals surface area contributed by atoms with E-state index >= 15 is 0 Å². The van der Waals surface area contributed by atoms with Gasteiger partial charge in [-0.1, -0.05) is 43.2 Å². The van der Waals surface area contributed by atoms with Gasteiger partial charge in [-0.15, -0.1) is 0 Å². The molecule has 1 atom stereocenters. The standard InChI is InChI=1S/C15H20N4/c16-13(10-11-6-2-1-3-7-11)15-17-14(18-19-15)12-8-4-5-9-12/h1-3,6-7,12-13H,4-5,8-10,16H2,(H,17,18,19)/t13-/m0/s1. The lowest BCUT2D eigenvalue weighted by Crippen LogP contribution is -2.15. The van der Waals surface area contributed by atoms with Crippen molar-refractivity contribution in [3.8, 4) is 0 Å². The van der Waals surface area contributed by atoms with Crippen molar-refractivity contribution in [3.63, 3.8) is 0 Å². The van der Waals surface area contributed by atoms with Crippen LogP contribution in [0.15, 0.2) is 30.3 Å². The molecule has 0 spiro atoms. The van der Waals surface area contributed by atoms with Crippen LogP contribution in [0.4, 0.5) is 0 Å². The predicted molar refractivity (Wildman–Crippen MR) is 74.7 cm³/mol. The quantitative estimate of drug-likeness (QED) is 0.883. The van der Waals surface area contributed by atoms with E-state index in [4.69, 9.17) is 5.73 Å². The summed E-state index contributed by atoms with van der Waals surface area (Å²) >= 11 is 0. The van der Waals surface area contributed by atoms with Crippen molar-refractivity contribution in [1.82, 2.24) is 15.2 Å². The zero-order chi connectivity index (χ0) is 13.1. The molecule has 0 aliphatic heterocycles. The average molecular weight is 256 g/mol. The fraction of sp³-hybridized carbons (Fsp3) is 0.467. The minimum absolute atomic E-state index is 0.131. The summed E-state index contributed by atoms with van der Waals surface area (Å²) in [6.45, 7) is 0. The van der Waals surface area contributed by atoms with Gasteiger partial charge < -0.3 is 5.73 Å². The first kappa shape index (κ1) is 12.4. The normalized spacial score (nSPS) is 17.7. The van der Waals surface area contributed by atoms with Crippen molar-refractivity contribution in [2.75, 3.05) is 0 Å². The second kappa shape index (κ2) is 5.53. The van der Waals surface area contributed by atoms with Crippen LogP contribution in [0.1, 0.15) is 54.9 Å². The second-order valence-corrected chi connectivity index (χ2v) is 5.36. The molecule has 0 bridgehead atoms. The number of H-pyrrole nitrogens is 1. The van der Waals surface area contributed by atoms with E-state index in [1.54, 1.807) is 0 Å². The third kappa shape index (κ3) is 2.84. The number of aromatic nitrogens is 3. The van der Waals surface area contributed by atoms with Crippen LogP contribution in [0.2, 0.25) is 0 Å². The van der Waals surface area contributed by atoms with Gasteiger partial charge in [-0.2, -0.15) is 5.10 Å². The maximum atomic E-state index is 6.19. The van der Waals surface area contributed by atoms with E-state index < -0.39 is 0 Å². The maximum absolute atomic E-state index is 6.19. The third-order valence-corrected chi connectivity index (χ3v) is 3.89. The van der Waals surface area contributed by atoms with Gasteiger partial charge in [-0.05, 0) is 24.8 Å². The largest absolute Gasteiger partial charge is 0.321 e. The molecule has 19 heavy (non-hydrogen) atoms. The van der Waals surface area contributed by atoms with Crippen molar-refractivity contribution < 1.29 is 0 Å². The molecule has 3 N–H and O–H groups in total. The zero-order valence-electron chi connectivity index (χ0n) is 11.0. The number of nitrogens with zero attached hydrogens (tertiary/aromatic N) is 2. The van der Waals surface area contributed by atoms with Gasteiger partial charge in [0.05, 0.1) is 6.04 Å². The molecule has 1 saturated carbocycles. The number of hydrogen-bond donors (Lipinski definition) is 2. The topological polar surface area (TPSA) is 67.6 Å². The van der Waals surface area contributed by atoms with E-state index in [1.165, 1.54) is 31.2 Å². The molecular weight excluding hydrogens is 236 g/mol. The van der Waals surface area contributed by atoms with Gasteiger partial charge in [0.1, 0.15) is 5.82 Å². The third-order valence-electron chi connectivity index (χ3n) is 3.89. The average Bonchev–Trinajstić information content (AvgIpc) is 3.11. The van der Waals surface area contributed by atoms with Crippen LogP contribution in [0.3, 0.4) is 0 Å². The van der Waals surface area contributed by atoms with Crippen molar-refractivity contribution in [3.05, 3.63) is 47.5 Å². The van der Waals surface area contributed by atoms with E-state index in [0.717, 1.165) is 18.1 Å². The summed E-state index contributed by atoms with van der Waals surface area (Å²) in [7, 11) is 0. The maximum Gasteiger partial charge on any atom is 0.167 e. The number of hydrogen-bond acceptors (Lipinski definition) is 3. The molecule has 4 nitrogen and oxygen atoms in total. The highest BCUT2D eigenvalue weighted by Gasteiger charge is 2.22. The van der Waals surface area contributed by atoms with Gasteiger partial charge in [-0.25, -0.2) is 4.98 Å². The highest BCUT2D eigenvalue weighted by Crippen LogP contribution is 2.32. The lowest BCUT2D eigenvalue weighted by molar-refractivity contribution is 0.658. The van der Waals surface area contributed by atoms with Gasteiger partial charge in [-0.3, -0.25) is 5.10 Å². The highest BCUT2D eigenvalue weighted by atomic mass is 15.2. The van der Waals surface area contributed by atoms with Gasteiger partial charge in [0, 0.05) is 5.92 Å². The molecule has 1 aliphatic rings. The van der Waals surface area contributed by atoms with Gasteiger partial charge in [0.15, 0.2) is 5.82 Å². The monoisotopic (exact) mass is 256 g/mol. The Labute approximate surface area is 113 Å². The summed E-state index contributed by atoms with van der Waals surface area (Å²) in [6, 6.07) is 10.1. The molecule has 3 rings (SSSR count). The second-order valence-electron chi connectivity index (χ2n) is 5.36. The van der Waals surface area contributed by atoms with Crippen molar-refractivity contribution in [2.45, 2.75) is 44.1 Å². The number of rotatable bonds is 4. The molecule has 0 radical (unpaired) electrons. The van der Waals surface area contributed by atoms with Crippen LogP contribution in [0.5, 0.6) is 0 Å². The summed E-state index contributed by atoms with van der Waals surface area (Å²) < 4.78 is 0. The van der Waals surface area contributed by atoms with Gasteiger partial charge in [0.25, 0.3) is 0 Å². The summed E-state index contributed by atoms with van der Waals surface area (Å²) in [6.07, 6.45) is 5.83. The Morgan fingerprint density at radius 1 is 1.21 bits per heavy atom. The first-order chi connectivity index (χ1) is 9.33. The van der Waals surface area contributed by atoms with Crippen LogP contribution < -0.4 is 5.73 Å². The molecule has 2 aromatic rings. The number of nitrogens with two attached hydrogens (primary N) is 1. The molecular formula is C15H20N4. The highest BCUT2D eigenvalue weighted by molar-refractivity contribution is 5.17. The van der Waals surface area contributed by atoms with Crippen LogP contribution in [0, 0.1) is 0 Å². The van der Waals surface area contributed by atoms with E-state index in [9.17, 15) is 0 Å². The van der Waals surface area contributed by atoms with Crippen LogP contribution >= 0.6 is 0 Å². The van der Waals surface area contributed by atoms with E-state index in [0.29, 0.717) is 5.92 Å². The van der Waals surface area contributed by atoms with E-state index in [-0.39, 0.29) is 6.04 Å². The summed E-state index contributed by atoms with van der Waals surface area (Å²) in [4.78, 5) is 4.60. The summed E-state index contributed by atoms with van der Waals surface area (Å²) in [5, 5.41) is 7.37. The first-order valence-corrected chi connectivity index (χ1v) is 7.04. The minimum atomic E-state index is -0.131. The molecule has 0 unspecified atom stereocenters. The number of benzene rings is 1. The van der Waals surface area contributed by atoms with Crippen LogP contribution in [0.25, 0.3) is 0 Å². The molecule has 1 aromatic carbocycles. The Balaban J connectivity index is 1.68. The fourth-order valence-electron chi connectivity index (χ4n) is 2.79. The van der Waals surface area contributed by atoms with Crippen LogP contribution in [-0.2, 0) is 6.42 Å². The summed E-state index contributed by atoms with van der Waals surface area (Å²) in [5.41, 5.74) is 7.42. The molecule has 4 heteroatoms. The Bertz CT molecular complexity index is 514. The van der Waals surface area contributed by atoms with E-state index in [1.807, 2.05) is 18.2 Å².